The molecule has 7 heteroatoms. The molecule has 1 aliphatic heterocycles. The van der Waals surface area contributed by atoms with Gasteiger partial charge in [0.1, 0.15) is 12.4 Å². The molecular weight excluding hydrogens is 423 g/mol. The molecule has 1 fully saturated rings. The number of nitrogens with zero attached hydrogens (tertiary/aromatic N) is 1. The van der Waals surface area contributed by atoms with E-state index < -0.39 is 11.6 Å². The van der Waals surface area contributed by atoms with Crippen molar-refractivity contribution >= 4 is 35.1 Å². The highest BCUT2D eigenvalue weighted by Gasteiger charge is 2.53. The summed E-state index contributed by atoms with van der Waals surface area (Å²) in [7, 11) is 0. The number of hydrogen-bond donors (Lipinski definition) is 1. The van der Waals surface area contributed by atoms with Crippen LogP contribution in [0.2, 0.25) is 10.0 Å². The van der Waals surface area contributed by atoms with Crippen LogP contribution in [0.3, 0.4) is 0 Å². The summed E-state index contributed by atoms with van der Waals surface area (Å²) < 4.78 is 5.67. The number of halogens is 2. The molecule has 1 heterocycles. The van der Waals surface area contributed by atoms with Crippen molar-refractivity contribution in [2.45, 2.75) is 5.54 Å². The van der Waals surface area contributed by atoms with E-state index in [1.54, 1.807) is 18.2 Å². The van der Waals surface area contributed by atoms with Crippen molar-refractivity contribution in [1.29, 1.82) is 0 Å². The summed E-state index contributed by atoms with van der Waals surface area (Å²) in [6.45, 7) is 0.172. The molecule has 152 valence electrons. The minimum Gasteiger partial charge on any atom is -0.490 e. The van der Waals surface area contributed by atoms with Crippen LogP contribution in [0.25, 0.3) is 0 Å². The molecule has 3 aromatic rings. The molecule has 0 aliphatic carbocycles. The molecule has 0 radical (unpaired) electrons. The first-order valence-corrected chi connectivity index (χ1v) is 10.1. The monoisotopic (exact) mass is 440 g/mol. The Hall–Kier alpha value is -3.02. The molecule has 1 N–H and O–H groups in total. The van der Waals surface area contributed by atoms with E-state index in [2.05, 4.69) is 5.32 Å². The van der Waals surface area contributed by atoms with Gasteiger partial charge in [0, 0.05) is 5.02 Å². The van der Waals surface area contributed by atoms with Crippen LogP contribution in [0.4, 0.5) is 4.79 Å². The van der Waals surface area contributed by atoms with Gasteiger partial charge >= 0.3 is 6.03 Å². The lowest BCUT2D eigenvalue weighted by atomic mass is 9.82. The van der Waals surface area contributed by atoms with Gasteiger partial charge in [-0.1, -0.05) is 83.9 Å². The van der Waals surface area contributed by atoms with Crippen LogP contribution in [0.5, 0.6) is 5.75 Å². The zero-order chi connectivity index (χ0) is 21.1. The summed E-state index contributed by atoms with van der Waals surface area (Å²) in [5.41, 5.74) is 0.106. The lowest BCUT2D eigenvalue weighted by Gasteiger charge is -2.28. The highest BCUT2D eigenvalue weighted by Crippen LogP contribution is 2.36. The van der Waals surface area contributed by atoms with Gasteiger partial charge in [-0.15, -0.1) is 0 Å². The van der Waals surface area contributed by atoms with Crippen molar-refractivity contribution in [3.8, 4) is 5.75 Å². The number of carbonyl (C=O) groups excluding carboxylic acids is 2. The van der Waals surface area contributed by atoms with E-state index in [1.165, 1.54) is 4.90 Å². The largest absolute Gasteiger partial charge is 0.490 e. The van der Waals surface area contributed by atoms with E-state index in [1.807, 2.05) is 60.7 Å². The predicted molar refractivity (Wildman–Crippen MR) is 116 cm³/mol. The number of carbonyl (C=O) groups is 2. The number of benzene rings is 3. The number of ether oxygens (including phenoxy) is 1. The fourth-order valence-electron chi connectivity index (χ4n) is 3.55. The van der Waals surface area contributed by atoms with Gasteiger partial charge in [-0.3, -0.25) is 9.69 Å². The van der Waals surface area contributed by atoms with Crippen LogP contribution in [-0.4, -0.2) is 30.0 Å². The first kappa shape index (κ1) is 20.3. The molecule has 3 amide bonds. The maximum atomic E-state index is 13.5. The highest BCUT2D eigenvalue weighted by atomic mass is 35.5. The molecule has 5 nitrogen and oxygen atoms in total. The van der Waals surface area contributed by atoms with E-state index in [0.717, 1.165) is 0 Å². The third-order valence-corrected chi connectivity index (χ3v) is 5.52. The maximum absolute atomic E-state index is 13.5. The second-order valence-corrected chi connectivity index (χ2v) is 7.64. The van der Waals surface area contributed by atoms with Crippen LogP contribution in [0.15, 0.2) is 78.9 Å². The number of imide groups is 1. The molecule has 1 saturated heterocycles. The summed E-state index contributed by atoms with van der Waals surface area (Å²) >= 11 is 12.0. The van der Waals surface area contributed by atoms with Crippen molar-refractivity contribution in [3.05, 3.63) is 100 Å². The van der Waals surface area contributed by atoms with Gasteiger partial charge in [0.25, 0.3) is 5.91 Å². The van der Waals surface area contributed by atoms with E-state index in [-0.39, 0.29) is 19.1 Å². The zero-order valence-electron chi connectivity index (χ0n) is 15.8. The Labute approximate surface area is 184 Å². The first-order valence-electron chi connectivity index (χ1n) is 9.35. The van der Waals surface area contributed by atoms with Crippen LogP contribution in [0, 0.1) is 0 Å². The molecule has 0 atom stereocenters. The summed E-state index contributed by atoms with van der Waals surface area (Å²) in [5.74, 6) is 0.0844. The van der Waals surface area contributed by atoms with E-state index in [4.69, 9.17) is 27.9 Å². The lowest BCUT2D eigenvalue weighted by molar-refractivity contribution is -0.130. The molecular formula is C23H18Cl2N2O3. The minimum absolute atomic E-state index is 0.0744. The minimum atomic E-state index is -1.28. The molecule has 0 saturated carbocycles. The topological polar surface area (TPSA) is 58.6 Å². The maximum Gasteiger partial charge on any atom is 0.325 e. The van der Waals surface area contributed by atoms with E-state index in [0.29, 0.717) is 26.9 Å². The van der Waals surface area contributed by atoms with Gasteiger partial charge in [-0.2, -0.15) is 0 Å². The van der Waals surface area contributed by atoms with Crippen LogP contribution in [-0.2, 0) is 10.3 Å². The van der Waals surface area contributed by atoms with Gasteiger partial charge in [0.2, 0.25) is 0 Å². The molecule has 30 heavy (non-hydrogen) atoms. The summed E-state index contributed by atoms with van der Waals surface area (Å²) in [6.07, 6.45) is 0. The molecule has 0 bridgehead atoms. The van der Waals surface area contributed by atoms with Gasteiger partial charge in [0.15, 0.2) is 5.54 Å². The summed E-state index contributed by atoms with van der Waals surface area (Å²) in [5, 5.41) is 3.77. The van der Waals surface area contributed by atoms with Crippen LogP contribution >= 0.6 is 23.2 Å². The van der Waals surface area contributed by atoms with Crippen molar-refractivity contribution in [3.63, 3.8) is 0 Å². The number of hydrogen-bond acceptors (Lipinski definition) is 3. The van der Waals surface area contributed by atoms with Crippen molar-refractivity contribution < 1.29 is 14.3 Å². The normalized spacial score (nSPS) is 15.2. The van der Waals surface area contributed by atoms with Crippen LogP contribution < -0.4 is 10.1 Å². The number of urea groups is 1. The number of rotatable bonds is 6. The third kappa shape index (κ3) is 3.62. The molecule has 1 aliphatic rings. The second kappa shape index (κ2) is 8.38. The molecule has 3 aromatic carbocycles. The Morgan fingerprint density at radius 3 is 2.03 bits per heavy atom. The van der Waals surface area contributed by atoms with Gasteiger partial charge in [-0.05, 0) is 29.3 Å². The summed E-state index contributed by atoms with van der Waals surface area (Å²) in [6, 6.07) is 22.8. The Morgan fingerprint density at radius 2 is 1.47 bits per heavy atom. The van der Waals surface area contributed by atoms with E-state index in [9.17, 15) is 9.59 Å². The SMILES string of the molecule is O=C1NC(c2ccccc2)(c2ccccc2)C(=O)N1CCOc1ccc(Cl)cc1Cl. The van der Waals surface area contributed by atoms with Crippen molar-refractivity contribution in [2.75, 3.05) is 13.2 Å². The fraction of sp³-hybridized carbons (Fsp3) is 0.130. The molecule has 0 spiro atoms. The Morgan fingerprint density at radius 1 is 0.867 bits per heavy atom. The lowest BCUT2D eigenvalue weighted by Crippen LogP contribution is -2.45. The fourth-order valence-corrected chi connectivity index (χ4v) is 4.02. The van der Waals surface area contributed by atoms with Crippen molar-refractivity contribution in [2.24, 2.45) is 0 Å². The Kier molecular flexibility index (Phi) is 5.66. The standard InChI is InChI=1S/C23H18Cl2N2O3/c24-18-11-12-20(19(25)15-18)30-14-13-27-21(28)23(26-22(27)29,16-7-3-1-4-8-16)17-9-5-2-6-10-17/h1-12,15H,13-14H2,(H,26,29). The Bertz CT molecular complexity index is 1030. The smallest absolute Gasteiger partial charge is 0.325 e. The van der Waals surface area contributed by atoms with Gasteiger partial charge in [0.05, 0.1) is 11.6 Å². The van der Waals surface area contributed by atoms with Gasteiger partial charge < -0.3 is 10.1 Å². The molecule has 4 rings (SSSR count). The highest BCUT2D eigenvalue weighted by molar-refractivity contribution is 6.35. The average Bonchev–Trinajstić information content (AvgIpc) is 3.02. The predicted octanol–water partition coefficient (Wildman–Crippen LogP) is 4.87. The van der Waals surface area contributed by atoms with Crippen molar-refractivity contribution in [1.82, 2.24) is 10.2 Å². The molecule has 0 unspecified atom stereocenters. The quantitative estimate of drug-likeness (QED) is 0.556. The molecule has 0 aromatic heterocycles. The van der Waals surface area contributed by atoms with Gasteiger partial charge in [-0.25, -0.2) is 4.79 Å². The number of nitrogens with one attached hydrogen (secondary N) is 1. The first-order chi connectivity index (χ1) is 14.5. The van der Waals surface area contributed by atoms with E-state index >= 15 is 0 Å². The third-order valence-electron chi connectivity index (χ3n) is 4.99. The Balaban J connectivity index is 1.59. The average molecular weight is 441 g/mol. The zero-order valence-corrected chi connectivity index (χ0v) is 17.4. The second-order valence-electron chi connectivity index (χ2n) is 6.79. The summed E-state index contributed by atoms with van der Waals surface area (Å²) in [4.78, 5) is 27.5. The van der Waals surface area contributed by atoms with Crippen LogP contribution in [0.1, 0.15) is 11.1 Å². The number of amides is 3.